The number of hydrogen-bond acceptors (Lipinski definition) is 5. The monoisotopic (exact) mass is 497 g/mol. The number of aryl methyl sites for hydroxylation is 2. The normalized spacial score (nSPS) is 10.5. The lowest BCUT2D eigenvalue weighted by Crippen LogP contribution is -2.29. The van der Waals surface area contributed by atoms with Gasteiger partial charge in [-0.3, -0.25) is 9.59 Å². The first kappa shape index (κ1) is 25.9. The Morgan fingerprint density at radius 3 is 2.31 bits per heavy atom. The number of carbonyl (C=O) groups excluding carboxylic acids is 3. The quantitative estimate of drug-likeness (QED) is 0.192. The van der Waals surface area contributed by atoms with Crippen LogP contribution in [0.5, 0.6) is 0 Å². The molecule has 0 N–H and O–H groups in total. The molecule has 0 heterocycles. The van der Waals surface area contributed by atoms with Crippen molar-refractivity contribution in [2.45, 2.75) is 33.6 Å². The standard InChI is InChI=1S/C27H25ClFNO5/c1-4-7-25(31)34-16-35-27(33)30(24-13-10-19(29)14-18(24)3)20-11-12-22(23(28)15-20)26(32)21-9-6-5-8-17(21)2/h5-6,8-15H,4,7,16H2,1-3H3. The van der Waals surface area contributed by atoms with Crippen molar-refractivity contribution in [2.24, 2.45) is 0 Å². The number of hydrogen-bond donors (Lipinski definition) is 0. The maximum absolute atomic E-state index is 13.7. The number of halogens is 2. The zero-order valence-electron chi connectivity index (χ0n) is 19.6. The number of benzene rings is 3. The molecule has 0 aliphatic carbocycles. The Balaban J connectivity index is 1.94. The highest BCUT2D eigenvalue weighted by atomic mass is 35.5. The van der Waals surface area contributed by atoms with Gasteiger partial charge in [0.15, 0.2) is 5.78 Å². The average molecular weight is 498 g/mol. The van der Waals surface area contributed by atoms with Gasteiger partial charge in [-0.2, -0.15) is 0 Å². The zero-order chi connectivity index (χ0) is 25.5. The number of rotatable bonds is 8. The van der Waals surface area contributed by atoms with Crippen molar-refractivity contribution in [1.82, 2.24) is 0 Å². The van der Waals surface area contributed by atoms with E-state index in [1.807, 2.05) is 26.0 Å². The van der Waals surface area contributed by atoms with Crippen LogP contribution in [-0.2, 0) is 14.3 Å². The second-order valence-electron chi connectivity index (χ2n) is 7.87. The molecule has 3 aromatic carbocycles. The molecule has 0 aromatic heterocycles. The highest BCUT2D eigenvalue weighted by molar-refractivity contribution is 6.35. The number of carbonyl (C=O) groups is 3. The third-order valence-electron chi connectivity index (χ3n) is 5.28. The van der Waals surface area contributed by atoms with Crippen molar-refractivity contribution < 1.29 is 28.2 Å². The van der Waals surface area contributed by atoms with Gasteiger partial charge in [0.2, 0.25) is 6.79 Å². The zero-order valence-corrected chi connectivity index (χ0v) is 20.4. The first-order valence-corrected chi connectivity index (χ1v) is 11.4. The van der Waals surface area contributed by atoms with Gasteiger partial charge in [0.1, 0.15) is 5.82 Å². The van der Waals surface area contributed by atoms with Gasteiger partial charge in [0.25, 0.3) is 0 Å². The molecule has 0 fully saturated rings. The molecule has 1 amide bonds. The van der Waals surface area contributed by atoms with Crippen LogP contribution in [-0.4, -0.2) is 24.6 Å². The van der Waals surface area contributed by atoms with Gasteiger partial charge in [0, 0.05) is 17.5 Å². The molecule has 6 nitrogen and oxygen atoms in total. The van der Waals surface area contributed by atoms with E-state index in [0.29, 0.717) is 23.2 Å². The van der Waals surface area contributed by atoms with E-state index in [1.54, 1.807) is 25.1 Å². The molecule has 0 saturated carbocycles. The highest BCUT2D eigenvalue weighted by Crippen LogP contribution is 2.33. The summed E-state index contributed by atoms with van der Waals surface area (Å²) in [6.45, 7) is 4.71. The minimum Gasteiger partial charge on any atom is -0.428 e. The molecule has 0 atom stereocenters. The molecule has 0 aliphatic rings. The topological polar surface area (TPSA) is 72.9 Å². The number of amides is 1. The fraction of sp³-hybridized carbons (Fsp3) is 0.222. The molecule has 3 aromatic rings. The average Bonchev–Trinajstić information content (AvgIpc) is 2.81. The van der Waals surface area contributed by atoms with Crippen LogP contribution in [0.4, 0.5) is 20.6 Å². The molecule has 0 aliphatic heterocycles. The van der Waals surface area contributed by atoms with Crippen LogP contribution in [0.25, 0.3) is 0 Å². The Hall–Kier alpha value is -3.71. The Bertz CT molecular complexity index is 1260. The van der Waals surface area contributed by atoms with E-state index in [2.05, 4.69) is 0 Å². The van der Waals surface area contributed by atoms with Crippen LogP contribution >= 0.6 is 11.6 Å². The van der Waals surface area contributed by atoms with E-state index in [4.69, 9.17) is 21.1 Å². The molecule has 0 bridgehead atoms. The Morgan fingerprint density at radius 2 is 1.66 bits per heavy atom. The van der Waals surface area contributed by atoms with Crippen LogP contribution in [0.15, 0.2) is 60.7 Å². The van der Waals surface area contributed by atoms with Crippen LogP contribution in [0.2, 0.25) is 5.02 Å². The number of esters is 1. The van der Waals surface area contributed by atoms with E-state index in [-0.39, 0.29) is 28.5 Å². The van der Waals surface area contributed by atoms with Crippen molar-refractivity contribution in [2.75, 3.05) is 11.7 Å². The Kier molecular flexibility index (Phi) is 8.60. The summed E-state index contributed by atoms with van der Waals surface area (Å²) in [4.78, 5) is 38.8. The number of ketones is 1. The summed E-state index contributed by atoms with van der Waals surface area (Å²) in [6.07, 6.45) is -0.0672. The van der Waals surface area contributed by atoms with E-state index in [9.17, 15) is 18.8 Å². The summed E-state index contributed by atoms with van der Waals surface area (Å²) in [6, 6.07) is 15.6. The Morgan fingerprint density at radius 1 is 0.914 bits per heavy atom. The van der Waals surface area contributed by atoms with Gasteiger partial charge in [0.05, 0.1) is 16.4 Å². The van der Waals surface area contributed by atoms with Crippen LogP contribution < -0.4 is 4.90 Å². The van der Waals surface area contributed by atoms with Crippen molar-refractivity contribution in [3.8, 4) is 0 Å². The van der Waals surface area contributed by atoms with Crippen molar-refractivity contribution in [3.63, 3.8) is 0 Å². The molecule has 0 radical (unpaired) electrons. The number of nitrogens with zero attached hydrogens (tertiary/aromatic N) is 1. The predicted octanol–water partition coefficient (Wildman–Crippen LogP) is 6.90. The minimum absolute atomic E-state index is 0.127. The lowest BCUT2D eigenvalue weighted by atomic mass is 9.99. The fourth-order valence-electron chi connectivity index (χ4n) is 3.50. The van der Waals surface area contributed by atoms with Gasteiger partial charge in [-0.25, -0.2) is 14.1 Å². The molecule has 8 heteroatoms. The molecule has 0 unspecified atom stereocenters. The van der Waals surface area contributed by atoms with Gasteiger partial charge in [-0.05, 0) is 67.8 Å². The minimum atomic E-state index is -0.863. The SMILES string of the molecule is CCCC(=O)OCOC(=O)N(c1ccc(C(=O)c2ccccc2C)c(Cl)c1)c1ccc(F)cc1C. The summed E-state index contributed by atoms with van der Waals surface area (Å²) in [5.74, 6) is -1.22. The highest BCUT2D eigenvalue weighted by Gasteiger charge is 2.24. The molecule has 35 heavy (non-hydrogen) atoms. The molecule has 3 rings (SSSR count). The van der Waals surface area contributed by atoms with Gasteiger partial charge in [-0.15, -0.1) is 0 Å². The van der Waals surface area contributed by atoms with Crippen LogP contribution in [0, 0.1) is 19.7 Å². The number of anilines is 2. The smallest absolute Gasteiger partial charge is 0.421 e. The van der Waals surface area contributed by atoms with Crippen molar-refractivity contribution >= 4 is 40.8 Å². The van der Waals surface area contributed by atoms with Crippen molar-refractivity contribution in [3.05, 3.63) is 93.8 Å². The van der Waals surface area contributed by atoms with Gasteiger partial charge < -0.3 is 9.47 Å². The number of ether oxygens (including phenoxy) is 2. The first-order valence-electron chi connectivity index (χ1n) is 11.0. The summed E-state index contributed by atoms with van der Waals surface area (Å²) in [7, 11) is 0. The fourth-order valence-corrected chi connectivity index (χ4v) is 3.76. The maximum atomic E-state index is 13.7. The van der Waals surface area contributed by atoms with E-state index in [1.165, 1.54) is 35.2 Å². The van der Waals surface area contributed by atoms with E-state index in [0.717, 1.165) is 5.56 Å². The lowest BCUT2D eigenvalue weighted by Gasteiger charge is -2.24. The van der Waals surface area contributed by atoms with Crippen molar-refractivity contribution in [1.29, 1.82) is 0 Å². The second-order valence-corrected chi connectivity index (χ2v) is 8.28. The molecule has 0 spiro atoms. The lowest BCUT2D eigenvalue weighted by molar-refractivity contribution is -0.151. The third-order valence-corrected chi connectivity index (χ3v) is 5.60. The summed E-state index contributed by atoms with van der Waals surface area (Å²) in [5, 5.41) is 0.127. The molecule has 0 saturated heterocycles. The Labute approximate surface area is 208 Å². The predicted molar refractivity (Wildman–Crippen MR) is 132 cm³/mol. The maximum Gasteiger partial charge on any atom is 0.421 e. The third kappa shape index (κ3) is 6.25. The summed E-state index contributed by atoms with van der Waals surface area (Å²) >= 11 is 6.48. The van der Waals surface area contributed by atoms with Gasteiger partial charge >= 0.3 is 12.1 Å². The summed E-state index contributed by atoms with van der Waals surface area (Å²) in [5.41, 5.74) is 2.67. The summed E-state index contributed by atoms with van der Waals surface area (Å²) < 4.78 is 23.8. The van der Waals surface area contributed by atoms with E-state index < -0.39 is 24.7 Å². The van der Waals surface area contributed by atoms with E-state index >= 15 is 0 Å². The van der Waals surface area contributed by atoms with Crippen LogP contribution in [0.1, 0.15) is 46.8 Å². The van der Waals surface area contributed by atoms with Gasteiger partial charge in [-0.1, -0.05) is 42.8 Å². The molecular weight excluding hydrogens is 473 g/mol. The first-order chi connectivity index (χ1) is 16.7. The molecule has 182 valence electrons. The second kappa shape index (κ2) is 11.6. The molecular formula is C27H25ClFNO5. The largest absolute Gasteiger partial charge is 0.428 e. The van der Waals surface area contributed by atoms with Crippen LogP contribution in [0.3, 0.4) is 0 Å².